The Hall–Kier alpha value is -3.56. The number of hydrogen-bond acceptors (Lipinski definition) is 8. The summed E-state index contributed by atoms with van der Waals surface area (Å²) in [5, 5.41) is 0. The monoisotopic (exact) mass is 1120 g/mol. The standard InChI is InChI=1S/C70H94N4S4/c1-9-15-19-23-27-31-37-69(38-32-28-24-20-16-10-2)55-44-51-56(43-50(55)61-57(69)41-47(7)63-65(61)73-77-71-63)70(39-33-29-25-21-17-11-3,40-34-30-26-22-18-12-4)58-45-52(64-66(62(51)58)74-78-72-64)59-46-54-60(49(35-13-5)36-14-6)53-42-48(8)75-67(53)68(54)76-59/h41-46H,9-40H2,1-8H3. The van der Waals surface area contributed by atoms with E-state index in [-0.39, 0.29) is 10.8 Å². The fraction of sp³-hybridized carbons (Fsp3) is 0.600. The molecule has 4 nitrogen and oxygen atoms in total. The van der Waals surface area contributed by atoms with E-state index in [1.165, 1.54) is 286 Å². The Kier molecular flexibility index (Phi) is 19.6. The summed E-state index contributed by atoms with van der Waals surface area (Å²) in [6.07, 6.45) is 40.8. The first-order valence-corrected chi connectivity index (χ1v) is 35.1. The number of benzene rings is 3. The first-order valence-electron chi connectivity index (χ1n) is 32.0. The van der Waals surface area contributed by atoms with Gasteiger partial charge in [-0.15, -0.1) is 22.7 Å². The number of thiophene rings is 2. The van der Waals surface area contributed by atoms with Gasteiger partial charge in [0.1, 0.15) is 22.1 Å². The minimum Gasteiger partial charge on any atom is -0.173 e. The van der Waals surface area contributed by atoms with E-state index in [2.05, 4.69) is 91.8 Å². The van der Waals surface area contributed by atoms with Crippen molar-refractivity contribution in [1.29, 1.82) is 0 Å². The minimum absolute atomic E-state index is 0.0721. The Bertz CT molecular complexity index is 3130. The van der Waals surface area contributed by atoms with E-state index >= 15 is 0 Å². The van der Waals surface area contributed by atoms with Gasteiger partial charge in [-0.1, -0.05) is 220 Å². The van der Waals surface area contributed by atoms with Crippen LogP contribution in [-0.4, -0.2) is 17.5 Å². The van der Waals surface area contributed by atoms with E-state index in [1.807, 2.05) is 22.7 Å². The number of aromatic nitrogens is 4. The van der Waals surface area contributed by atoms with E-state index < -0.39 is 0 Å². The highest BCUT2D eigenvalue weighted by molar-refractivity contribution is 7.24. The predicted octanol–water partition coefficient (Wildman–Crippen LogP) is 24.0. The summed E-state index contributed by atoms with van der Waals surface area (Å²) in [6, 6.07) is 16.0. The lowest BCUT2D eigenvalue weighted by Crippen LogP contribution is -2.27. The largest absolute Gasteiger partial charge is 0.173 e. The summed E-state index contributed by atoms with van der Waals surface area (Å²) in [5.41, 5.74) is 25.1. The van der Waals surface area contributed by atoms with E-state index in [0.717, 1.165) is 34.9 Å². The van der Waals surface area contributed by atoms with Crippen LogP contribution in [0, 0.1) is 13.8 Å². The molecule has 4 aromatic heterocycles. The van der Waals surface area contributed by atoms with E-state index in [4.69, 9.17) is 17.5 Å². The number of unbranched alkanes of at least 4 members (excludes halogenated alkanes) is 20. The highest BCUT2D eigenvalue weighted by Gasteiger charge is 2.50. The van der Waals surface area contributed by atoms with E-state index in [0.29, 0.717) is 0 Å². The SMILES string of the molecule is CCCCCCCCC1(CCCCCCCC)c2cc3c(cc2-c2c1cc(C)c1nsnc21)C(CCCCCCCC)(CCCCCCCC)c1cc(-c2cc4c(s2)-c2sc(C)cc2C4=C(CCC)CCC)c2nsnc2c1-3. The van der Waals surface area contributed by atoms with Crippen LogP contribution in [0.25, 0.3) is 70.1 Å². The van der Waals surface area contributed by atoms with Gasteiger partial charge >= 0.3 is 0 Å². The molecule has 0 atom stereocenters. The second kappa shape index (κ2) is 26.6. The van der Waals surface area contributed by atoms with Crippen molar-refractivity contribution in [3.05, 3.63) is 85.8 Å². The van der Waals surface area contributed by atoms with E-state index in [1.54, 1.807) is 27.8 Å². The smallest absolute Gasteiger partial charge is 0.114 e. The van der Waals surface area contributed by atoms with Gasteiger partial charge in [0.25, 0.3) is 0 Å². The molecule has 0 aliphatic heterocycles. The van der Waals surface area contributed by atoms with Crippen LogP contribution in [0.5, 0.6) is 0 Å². The lowest BCUT2D eigenvalue weighted by Gasteiger charge is -2.35. The van der Waals surface area contributed by atoms with Gasteiger partial charge < -0.3 is 0 Å². The summed E-state index contributed by atoms with van der Waals surface area (Å²) in [4.78, 5) is 5.75. The first-order chi connectivity index (χ1) is 38.3. The van der Waals surface area contributed by atoms with Crippen LogP contribution in [0.3, 0.4) is 0 Å². The Morgan fingerprint density at radius 3 is 1.26 bits per heavy atom. The molecule has 0 saturated carbocycles. The zero-order chi connectivity index (χ0) is 54.2. The van der Waals surface area contributed by atoms with Crippen LogP contribution in [0.1, 0.15) is 291 Å². The van der Waals surface area contributed by atoms with Gasteiger partial charge in [0.05, 0.1) is 33.2 Å². The van der Waals surface area contributed by atoms with Crippen LogP contribution in [0.4, 0.5) is 0 Å². The minimum atomic E-state index is -0.131. The molecule has 418 valence electrons. The molecule has 3 aliphatic carbocycles. The molecule has 0 fully saturated rings. The van der Waals surface area contributed by atoms with Crippen molar-refractivity contribution >= 4 is 73.8 Å². The Morgan fingerprint density at radius 1 is 0.372 bits per heavy atom. The van der Waals surface area contributed by atoms with Crippen LogP contribution in [0.15, 0.2) is 42.0 Å². The van der Waals surface area contributed by atoms with Crippen molar-refractivity contribution in [1.82, 2.24) is 17.5 Å². The number of rotatable bonds is 33. The van der Waals surface area contributed by atoms with Gasteiger partial charge in [-0.3, -0.25) is 0 Å². The molecule has 78 heavy (non-hydrogen) atoms. The van der Waals surface area contributed by atoms with Crippen LogP contribution in [-0.2, 0) is 10.8 Å². The molecule has 0 amide bonds. The molecule has 3 aromatic carbocycles. The van der Waals surface area contributed by atoms with Gasteiger partial charge in [-0.25, -0.2) is 0 Å². The number of allylic oxidation sites excluding steroid dienone is 1. The summed E-state index contributed by atoms with van der Waals surface area (Å²) >= 11 is 6.90. The molecule has 4 heterocycles. The quantitative estimate of drug-likeness (QED) is 0.0385. The average Bonchev–Trinajstić information content (AvgIpc) is 3.64. The molecule has 10 rings (SSSR count). The molecule has 0 unspecified atom stereocenters. The molecule has 0 bridgehead atoms. The second-order valence-electron chi connectivity index (χ2n) is 24.5. The number of aryl methyl sites for hydroxylation is 2. The number of nitrogens with zero attached hydrogens (tertiary/aromatic N) is 4. The van der Waals surface area contributed by atoms with Gasteiger partial charge in [-0.2, -0.15) is 17.5 Å². The van der Waals surface area contributed by atoms with Gasteiger partial charge in [0.15, 0.2) is 0 Å². The highest BCUT2D eigenvalue weighted by atomic mass is 32.1. The maximum atomic E-state index is 5.49. The zero-order valence-electron chi connectivity index (χ0n) is 49.5. The Balaban J connectivity index is 1.20. The fourth-order valence-electron chi connectivity index (χ4n) is 15.0. The van der Waals surface area contributed by atoms with Gasteiger partial charge in [0.2, 0.25) is 0 Å². The fourth-order valence-corrected chi connectivity index (χ4v) is 18.6. The topological polar surface area (TPSA) is 51.6 Å². The normalized spacial score (nSPS) is 14.4. The van der Waals surface area contributed by atoms with Crippen molar-refractivity contribution in [2.45, 2.75) is 272 Å². The lowest BCUT2D eigenvalue weighted by molar-refractivity contribution is 0.394. The molecular formula is C70H94N4S4. The van der Waals surface area contributed by atoms with Crippen molar-refractivity contribution in [3.63, 3.8) is 0 Å². The third-order valence-corrected chi connectivity index (χ3v) is 22.3. The number of hydrogen-bond donors (Lipinski definition) is 0. The highest BCUT2D eigenvalue weighted by Crippen LogP contribution is 2.64. The summed E-state index contributed by atoms with van der Waals surface area (Å²) in [6.45, 7) is 18.7. The molecule has 0 radical (unpaired) electrons. The first kappa shape index (κ1) is 57.7. The summed E-state index contributed by atoms with van der Waals surface area (Å²) < 4.78 is 21.2. The number of fused-ring (bicyclic) bond motifs is 13. The molecule has 7 aromatic rings. The van der Waals surface area contributed by atoms with Gasteiger partial charge in [-0.05, 0) is 127 Å². The van der Waals surface area contributed by atoms with Crippen molar-refractivity contribution in [2.24, 2.45) is 0 Å². The molecule has 0 saturated heterocycles. The van der Waals surface area contributed by atoms with Crippen molar-refractivity contribution < 1.29 is 0 Å². The van der Waals surface area contributed by atoms with E-state index in [9.17, 15) is 0 Å². The summed E-state index contributed by atoms with van der Waals surface area (Å²) in [5.74, 6) is 0. The molecule has 3 aliphatic rings. The third-order valence-electron chi connectivity index (χ3n) is 18.9. The van der Waals surface area contributed by atoms with Gasteiger partial charge in [0, 0.05) is 48.4 Å². The maximum Gasteiger partial charge on any atom is 0.114 e. The lowest BCUT2D eigenvalue weighted by atomic mass is 9.68. The molecule has 0 N–H and O–H groups in total. The average molecular weight is 1120 g/mol. The maximum absolute atomic E-state index is 5.49. The van der Waals surface area contributed by atoms with Crippen LogP contribution < -0.4 is 0 Å². The van der Waals surface area contributed by atoms with Crippen molar-refractivity contribution in [3.8, 4) is 42.4 Å². The van der Waals surface area contributed by atoms with Crippen LogP contribution >= 0.6 is 46.1 Å². The third kappa shape index (κ3) is 11.1. The van der Waals surface area contributed by atoms with Crippen LogP contribution in [0.2, 0.25) is 0 Å². The zero-order valence-corrected chi connectivity index (χ0v) is 52.8. The molecule has 8 heteroatoms. The molecular weight excluding hydrogens is 1030 g/mol. The predicted molar refractivity (Wildman–Crippen MR) is 345 cm³/mol. The Morgan fingerprint density at radius 2 is 0.769 bits per heavy atom. The Labute approximate surface area is 487 Å². The summed E-state index contributed by atoms with van der Waals surface area (Å²) in [7, 11) is 0. The molecule has 0 spiro atoms. The van der Waals surface area contributed by atoms with Crippen molar-refractivity contribution in [2.75, 3.05) is 0 Å². The second-order valence-corrected chi connectivity index (χ2v) is 27.9.